The second-order valence-electron chi connectivity index (χ2n) is 5.87. The summed E-state index contributed by atoms with van der Waals surface area (Å²) in [5, 5.41) is 7.95. The third-order valence-corrected chi connectivity index (χ3v) is 3.97. The van der Waals surface area contributed by atoms with Crippen molar-refractivity contribution < 1.29 is 14.3 Å². The minimum atomic E-state index is -0.485. The zero-order chi connectivity index (χ0) is 17.5. The predicted octanol–water partition coefficient (Wildman–Crippen LogP) is 1.61. The summed E-state index contributed by atoms with van der Waals surface area (Å²) in [7, 11) is 0. The Morgan fingerprint density at radius 1 is 1.08 bits per heavy atom. The molecule has 0 bridgehead atoms. The number of nitrogens with one attached hydrogen (secondary N) is 3. The summed E-state index contributed by atoms with van der Waals surface area (Å²) >= 11 is 0. The maximum absolute atomic E-state index is 11.9. The van der Waals surface area contributed by atoms with Crippen LogP contribution in [0.25, 0.3) is 0 Å². The summed E-state index contributed by atoms with van der Waals surface area (Å²) in [6, 6.07) is 17.1. The van der Waals surface area contributed by atoms with Gasteiger partial charge in [0.2, 0.25) is 5.91 Å². The molecule has 0 aromatic heterocycles. The lowest BCUT2D eigenvalue weighted by Crippen LogP contribution is -2.43. The number of rotatable bonds is 7. The second kappa shape index (κ2) is 8.19. The van der Waals surface area contributed by atoms with Crippen LogP contribution >= 0.6 is 0 Å². The van der Waals surface area contributed by atoms with E-state index < -0.39 is 6.04 Å². The van der Waals surface area contributed by atoms with Crippen molar-refractivity contribution in [3.05, 3.63) is 65.7 Å². The average Bonchev–Trinajstić information content (AvgIpc) is 3.08. The van der Waals surface area contributed by atoms with Gasteiger partial charge < -0.3 is 20.7 Å². The normalized spacial score (nSPS) is 16.0. The number of carbonyl (C=O) groups is 2. The summed E-state index contributed by atoms with van der Waals surface area (Å²) in [5.74, 6) is 0.651. The van der Waals surface area contributed by atoms with E-state index in [0.717, 1.165) is 23.3 Å². The van der Waals surface area contributed by atoms with Crippen molar-refractivity contribution in [2.24, 2.45) is 0 Å². The molecule has 3 amide bonds. The van der Waals surface area contributed by atoms with E-state index in [9.17, 15) is 9.59 Å². The Balaban J connectivity index is 1.40. The number of carbonyl (C=O) groups excluding carboxylic acids is 2. The third-order valence-electron chi connectivity index (χ3n) is 3.97. The van der Waals surface area contributed by atoms with Crippen LogP contribution in [0.1, 0.15) is 11.1 Å². The van der Waals surface area contributed by atoms with Crippen LogP contribution in [0, 0.1) is 0 Å². The molecule has 2 aromatic carbocycles. The zero-order valence-electron chi connectivity index (χ0n) is 13.8. The average molecular weight is 339 g/mol. The van der Waals surface area contributed by atoms with Gasteiger partial charge in [0.05, 0.1) is 0 Å². The molecule has 3 N–H and O–H groups in total. The van der Waals surface area contributed by atoms with Gasteiger partial charge in [-0.2, -0.15) is 0 Å². The van der Waals surface area contributed by atoms with Crippen LogP contribution in [-0.4, -0.2) is 31.1 Å². The van der Waals surface area contributed by atoms with Gasteiger partial charge in [-0.05, 0) is 29.7 Å². The quantitative estimate of drug-likeness (QED) is 0.717. The first-order chi connectivity index (χ1) is 12.2. The maximum Gasteiger partial charge on any atom is 0.315 e. The number of hydrogen-bond donors (Lipinski definition) is 3. The molecule has 0 saturated carbocycles. The van der Waals surface area contributed by atoms with E-state index in [1.807, 2.05) is 54.6 Å². The summed E-state index contributed by atoms with van der Waals surface area (Å²) in [6.07, 6.45) is 0.721. The lowest BCUT2D eigenvalue weighted by Gasteiger charge is -2.10. The van der Waals surface area contributed by atoms with E-state index >= 15 is 0 Å². The Kier molecular flexibility index (Phi) is 5.51. The van der Waals surface area contributed by atoms with Crippen molar-refractivity contribution in [3.8, 4) is 5.75 Å². The predicted molar refractivity (Wildman–Crippen MR) is 94.3 cm³/mol. The molecule has 1 aliphatic heterocycles. The number of urea groups is 1. The number of benzene rings is 2. The van der Waals surface area contributed by atoms with Gasteiger partial charge in [-0.1, -0.05) is 42.5 Å². The molecule has 1 saturated heterocycles. The van der Waals surface area contributed by atoms with Gasteiger partial charge in [-0.25, -0.2) is 4.79 Å². The third kappa shape index (κ3) is 4.97. The Hall–Kier alpha value is -3.02. The van der Waals surface area contributed by atoms with Crippen molar-refractivity contribution in [2.75, 3.05) is 13.1 Å². The molecule has 0 radical (unpaired) electrons. The lowest BCUT2D eigenvalue weighted by atomic mass is 10.1. The van der Waals surface area contributed by atoms with E-state index in [1.165, 1.54) is 0 Å². The minimum Gasteiger partial charge on any atom is -0.489 e. The van der Waals surface area contributed by atoms with Crippen LogP contribution in [0.4, 0.5) is 4.79 Å². The van der Waals surface area contributed by atoms with Crippen molar-refractivity contribution in [3.63, 3.8) is 0 Å². The monoisotopic (exact) mass is 339 g/mol. The molecule has 3 rings (SSSR count). The van der Waals surface area contributed by atoms with Crippen molar-refractivity contribution in [2.45, 2.75) is 19.1 Å². The van der Waals surface area contributed by atoms with E-state index in [-0.39, 0.29) is 11.9 Å². The zero-order valence-corrected chi connectivity index (χ0v) is 13.8. The molecule has 130 valence electrons. The molecule has 2 aromatic rings. The van der Waals surface area contributed by atoms with Crippen molar-refractivity contribution in [1.82, 2.24) is 16.0 Å². The SMILES string of the molecule is O=C1NCC(C(=O)NCCc2ccc(OCc3ccccc3)cc2)N1. The topological polar surface area (TPSA) is 79.5 Å². The molecule has 1 atom stereocenters. The van der Waals surface area contributed by atoms with E-state index in [0.29, 0.717) is 19.7 Å². The number of hydrogen-bond acceptors (Lipinski definition) is 3. The maximum atomic E-state index is 11.9. The van der Waals surface area contributed by atoms with E-state index in [1.54, 1.807) is 0 Å². The fraction of sp³-hybridized carbons (Fsp3) is 0.263. The summed E-state index contributed by atoms with van der Waals surface area (Å²) < 4.78 is 5.75. The van der Waals surface area contributed by atoms with E-state index in [2.05, 4.69) is 16.0 Å². The molecule has 6 heteroatoms. The molecule has 6 nitrogen and oxygen atoms in total. The smallest absolute Gasteiger partial charge is 0.315 e. The molecule has 1 fully saturated rings. The van der Waals surface area contributed by atoms with Gasteiger partial charge in [0.1, 0.15) is 18.4 Å². The van der Waals surface area contributed by atoms with Crippen LogP contribution < -0.4 is 20.7 Å². The molecule has 1 aliphatic rings. The van der Waals surface area contributed by atoms with Gasteiger partial charge in [0.25, 0.3) is 0 Å². The fourth-order valence-corrected chi connectivity index (χ4v) is 2.56. The highest BCUT2D eigenvalue weighted by Crippen LogP contribution is 2.14. The molecule has 1 unspecified atom stereocenters. The standard InChI is InChI=1S/C19H21N3O3/c23-18(17-12-21-19(24)22-17)20-11-10-14-6-8-16(9-7-14)25-13-15-4-2-1-3-5-15/h1-9,17H,10-13H2,(H,20,23)(H2,21,22,24). The highest BCUT2D eigenvalue weighted by molar-refractivity contribution is 5.90. The number of ether oxygens (including phenoxy) is 1. The Labute approximate surface area is 146 Å². The molecule has 0 spiro atoms. The highest BCUT2D eigenvalue weighted by Gasteiger charge is 2.26. The van der Waals surface area contributed by atoms with Crippen LogP contribution in [0.3, 0.4) is 0 Å². The Bertz CT molecular complexity index is 716. The van der Waals surface area contributed by atoms with Gasteiger partial charge in [-0.3, -0.25) is 4.79 Å². The lowest BCUT2D eigenvalue weighted by molar-refractivity contribution is -0.122. The summed E-state index contributed by atoms with van der Waals surface area (Å²) in [4.78, 5) is 22.9. The Morgan fingerprint density at radius 3 is 2.52 bits per heavy atom. The summed E-state index contributed by atoms with van der Waals surface area (Å²) in [6.45, 7) is 1.39. The molecular formula is C19H21N3O3. The molecule has 25 heavy (non-hydrogen) atoms. The van der Waals surface area contributed by atoms with Gasteiger partial charge in [-0.15, -0.1) is 0 Å². The molecule has 1 heterocycles. The Morgan fingerprint density at radius 2 is 1.84 bits per heavy atom. The van der Waals surface area contributed by atoms with Gasteiger partial charge in [0, 0.05) is 13.1 Å². The molecular weight excluding hydrogens is 318 g/mol. The van der Waals surface area contributed by atoms with E-state index in [4.69, 9.17) is 4.74 Å². The first-order valence-corrected chi connectivity index (χ1v) is 8.28. The van der Waals surface area contributed by atoms with Crippen LogP contribution in [0.5, 0.6) is 5.75 Å². The van der Waals surface area contributed by atoms with Gasteiger partial charge in [0.15, 0.2) is 0 Å². The van der Waals surface area contributed by atoms with Gasteiger partial charge >= 0.3 is 6.03 Å². The highest BCUT2D eigenvalue weighted by atomic mass is 16.5. The first kappa shape index (κ1) is 16.8. The fourth-order valence-electron chi connectivity index (χ4n) is 2.56. The van der Waals surface area contributed by atoms with Crippen LogP contribution in [-0.2, 0) is 17.8 Å². The molecule has 0 aliphatic carbocycles. The largest absolute Gasteiger partial charge is 0.489 e. The summed E-state index contributed by atoms with van der Waals surface area (Å²) in [5.41, 5.74) is 2.24. The first-order valence-electron chi connectivity index (χ1n) is 8.28. The van der Waals surface area contributed by atoms with Crippen LogP contribution in [0.15, 0.2) is 54.6 Å². The van der Waals surface area contributed by atoms with Crippen molar-refractivity contribution >= 4 is 11.9 Å². The van der Waals surface area contributed by atoms with Crippen molar-refractivity contribution in [1.29, 1.82) is 0 Å². The second-order valence-corrected chi connectivity index (χ2v) is 5.87. The van der Waals surface area contributed by atoms with Crippen LogP contribution in [0.2, 0.25) is 0 Å². The number of amides is 3. The minimum absolute atomic E-state index is 0.166.